The molecule has 0 spiro atoms. The smallest absolute Gasteiger partial charge is 0.171 e. The predicted molar refractivity (Wildman–Crippen MR) is 131 cm³/mol. The first kappa shape index (κ1) is 26.4. The van der Waals surface area contributed by atoms with E-state index in [0.717, 1.165) is 49.9 Å². The van der Waals surface area contributed by atoms with Gasteiger partial charge < -0.3 is 17.0 Å². The SMILES string of the molecule is Cc1cc(C)c[n+](CCCC#Cc2cccc(C#CCCC[n+]3cc(C)cc(C)c3)c2)c1.[Br-]. The summed E-state index contributed by atoms with van der Waals surface area (Å²) in [6.07, 6.45) is 12.7. The number of hydrogen-bond donors (Lipinski definition) is 0. The molecule has 0 radical (unpaired) electrons. The summed E-state index contributed by atoms with van der Waals surface area (Å²) in [4.78, 5) is 0. The molecule has 0 aliphatic carbocycles. The first-order valence-corrected chi connectivity index (χ1v) is 11.5. The molecule has 1 aromatic carbocycles. The van der Waals surface area contributed by atoms with Crippen LogP contribution in [-0.4, -0.2) is 0 Å². The Hall–Kier alpha value is -2.88. The van der Waals surface area contributed by atoms with Crippen molar-refractivity contribution in [3.63, 3.8) is 0 Å². The lowest BCUT2D eigenvalue weighted by molar-refractivity contribution is -0.697. The summed E-state index contributed by atoms with van der Waals surface area (Å²) < 4.78 is 4.53. The fourth-order valence-corrected chi connectivity index (χ4v) is 3.95. The maximum atomic E-state index is 3.32. The highest BCUT2D eigenvalue weighted by Gasteiger charge is 2.03. The number of aromatic nitrogens is 2. The molecular formula is C30H34BrN2+. The van der Waals surface area contributed by atoms with Crippen molar-refractivity contribution in [3.05, 3.63) is 94.6 Å². The molecule has 0 N–H and O–H groups in total. The molecule has 3 heteroatoms. The second-order valence-electron chi connectivity index (χ2n) is 8.65. The van der Waals surface area contributed by atoms with Crippen molar-refractivity contribution in [3.8, 4) is 23.7 Å². The van der Waals surface area contributed by atoms with E-state index in [-0.39, 0.29) is 17.0 Å². The largest absolute Gasteiger partial charge is 1.00 e. The number of aryl methyl sites for hydroxylation is 6. The van der Waals surface area contributed by atoms with Crippen molar-refractivity contribution >= 4 is 0 Å². The third-order valence-electron chi connectivity index (χ3n) is 5.15. The summed E-state index contributed by atoms with van der Waals surface area (Å²) >= 11 is 0. The van der Waals surface area contributed by atoms with Crippen molar-refractivity contribution in [2.45, 2.75) is 66.5 Å². The zero-order valence-corrected chi connectivity index (χ0v) is 21.9. The zero-order chi connectivity index (χ0) is 22.8. The van der Waals surface area contributed by atoms with Gasteiger partial charge in [0, 0.05) is 59.1 Å². The Morgan fingerprint density at radius 2 is 1.00 bits per heavy atom. The second kappa shape index (κ2) is 13.6. The monoisotopic (exact) mass is 501 g/mol. The Labute approximate surface area is 210 Å². The molecule has 0 amide bonds. The molecule has 3 rings (SSSR count). The number of unbranched alkanes of at least 4 members (excludes halogenated alkanes) is 2. The lowest BCUT2D eigenvalue weighted by atomic mass is 10.1. The van der Waals surface area contributed by atoms with Crippen molar-refractivity contribution in [2.24, 2.45) is 0 Å². The van der Waals surface area contributed by atoms with Gasteiger partial charge in [-0.3, -0.25) is 0 Å². The molecule has 3 aromatic rings. The summed E-state index contributed by atoms with van der Waals surface area (Å²) in [5.41, 5.74) is 7.30. The Morgan fingerprint density at radius 1 is 0.606 bits per heavy atom. The van der Waals surface area contributed by atoms with Crippen LogP contribution in [0.2, 0.25) is 0 Å². The number of hydrogen-bond acceptors (Lipinski definition) is 0. The molecular weight excluding hydrogens is 468 g/mol. The van der Waals surface area contributed by atoms with Crippen LogP contribution in [0.15, 0.2) is 61.2 Å². The topological polar surface area (TPSA) is 7.76 Å². The van der Waals surface area contributed by atoms with E-state index >= 15 is 0 Å². The van der Waals surface area contributed by atoms with Crippen molar-refractivity contribution in [1.82, 2.24) is 0 Å². The molecule has 0 unspecified atom stereocenters. The van der Waals surface area contributed by atoms with Gasteiger partial charge in [0.1, 0.15) is 13.1 Å². The molecule has 2 heterocycles. The molecule has 2 nitrogen and oxygen atoms in total. The third kappa shape index (κ3) is 9.65. The molecule has 0 bridgehead atoms. The quantitative estimate of drug-likeness (QED) is 0.277. The van der Waals surface area contributed by atoms with Crippen LogP contribution in [0.5, 0.6) is 0 Å². The van der Waals surface area contributed by atoms with Crippen molar-refractivity contribution < 1.29 is 26.1 Å². The van der Waals surface area contributed by atoms with Crippen LogP contribution in [0.25, 0.3) is 0 Å². The van der Waals surface area contributed by atoms with Crippen molar-refractivity contribution in [2.75, 3.05) is 0 Å². The van der Waals surface area contributed by atoms with Crippen LogP contribution in [0.3, 0.4) is 0 Å². The average Bonchev–Trinajstić information content (AvgIpc) is 2.72. The van der Waals surface area contributed by atoms with Gasteiger partial charge in [0.25, 0.3) is 0 Å². The summed E-state index contributed by atoms with van der Waals surface area (Å²) in [6.45, 7) is 10.6. The van der Waals surface area contributed by atoms with Gasteiger partial charge in [0.2, 0.25) is 0 Å². The fourth-order valence-electron chi connectivity index (χ4n) is 3.95. The van der Waals surface area contributed by atoms with Crippen LogP contribution in [-0.2, 0) is 13.1 Å². The van der Waals surface area contributed by atoms with Crippen LogP contribution >= 0.6 is 0 Å². The van der Waals surface area contributed by atoms with E-state index in [1.165, 1.54) is 22.3 Å². The molecule has 170 valence electrons. The van der Waals surface area contributed by atoms with Gasteiger partial charge in [-0.05, 0) is 58.0 Å². The standard InChI is InChI=1S/C30H34N2.BrH/c1-25-18-26(2)22-31(21-25)16-9-5-7-12-29-14-11-15-30(20-29)13-8-6-10-17-32-23-27(3)19-28(4)24-32;/h11,14-15,18-24H,5-6,9-10,16-17H2,1-4H3;1H/q+2;/p-1. The minimum atomic E-state index is 0. The van der Waals surface area contributed by atoms with Gasteiger partial charge >= 0.3 is 0 Å². The number of rotatable bonds is 6. The van der Waals surface area contributed by atoms with Gasteiger partial charge in [-0.2, -0.15) is 0 Å². The summed E-state index contributed by atoms with van der Waals surface area (Å²) in [7, 11) is 0. The van der Waals surface area contributed by atoms with E-state index < -0.39 is 0 Å². The lowest BCUT2D eigenvalue weighted by Gasteiger charge is -1.98. The molecule has 0 aliphatic heterocycles. The highest BCUT2D eigenvalue weighted by molar-refractivity contribution is 5.43. The van der Waals surface area contributed by atoms with Gasteiger partial charge in [0.15, 0.2) is 24.8 Å². The zero-order valence-electron chi connectivity index (χ0n) is 20.3. The number of benzene rings is 1. The number of halogens is 1. The highest BCUT2D eigenvalue weighted by Crippen LogP contribution is 2.04. The normalized spacial score (nSPS) is 9.82. The summed E-state index contributed by atoms with van der Waals surface area (Å²) in [5, 5.41) is 0. The van der Waals surface area contributed by atoms with E-state index in [4.69, 9.17) is 0 Å². The molecule has 2 aromatic heterocycles. The van der Waals surface area contributed by atoms with Crippen LogP contribution in [0, 0.1) is 51.4 Å². The number of pyridine rings is 2. The minimum Gasteiger partial charge on any atom is -1.00 e. The fraction of sp³-hybridized carbons (Fsp3) is 0.333. The van der Waals surface area contributed by atoms with Gasteiger partial charge in [-0.25, -0.2) is 9.13 Å². The summed E-state index contributed by atoms with van der Waals surface area (Å²) in [6, 6.07) is 12.7. The first-order chi connectivity index (χ1) is 15.5. The van der Waals surface area contributed by atoms with E-state index in [9.17, 15) is 0 Å². The maximum Gasteiger partial charge on any atom is 0.171 e. The third-order valence-corrected chi connectivity index (χ3v) is 5.15. The number of nitrogens with zero attached hydrogens (tertiary/aromatic N) is 2. The Kier molecular flexibility index (Phi) is 10.9. The van der Waals surface area contributed by atoms with E-state index in [0.29, 0.717) is 0 Å². The molecule has 33 heavy (non-hydrogen) atoms. The Morgan fingerprint density at radius 3 is 1.39 bits per heavy atom. The summed E-state index contributed by atoms with van der Waals surface area (Å²) in [5.74, 6) is 13.2. The molecule has 0 saturated heterocycles. The van der Waals surface area contributed by atoms with Gasteiger partial charge in [-0.15, -0.1) is 0 Å². The van der Waals surface area contributed by atoms with Gasteiger partial charge in [0.05, 0.1) is 0 Å². The Bertz CT molecular complexity index is 1060. The predicted octanol–water partition coefficient (Wildman–Crippen LogP) is 2.16. The van der Waals surface area contributed by atoms with Crippen LogP contribution < -0.4 is 26.1 Å². The first-order valence-electron chi connectivity index (χ1n) is 11.5. The van der Waals surface area contributed by atoms with E-state index in [1.54, 1.807) is 0 Å². The lowest BCUT2D eigenvalue weighted by Crippen LogP contribution is -3.00. The minimum absolute atomic E-state index is 0. The van der Waals surface area contributed by atoms with Gasteiger partial charge in [-0.1, -0.05) is 29.7 Å². The average molecular weight is 503 g/mol. The molecule has 0 saturated carbocycles. The van der Waals surface area contributed by atoms with Crippen molar-refractivity contribution in [1.29, 1.82) is 0 Å². The highest BCUT2D eigenvalue weighted by atomic mass is 79.9. The Balaban J connectivity index is 0.00000385. The van der Waals surface area contributed by atoms with Crippen LogP contribution in [0.1, 0.15) is 59.1 Å². The maximum absolute atomic E-state index is 3.32. The molecule has 0 atom stereocenters. The van der Waals surface area contributed by atoms with E-state index in [2.05, 4.69) is 116 Å². The van der Waals surface area contributed by atoms with Crippen LogP contribution in [0.4, 0.5) is 0 Å². The second-order valence-corrected chi connectivity index (χ2v) is 8.65. The molecule has 0 fully saturated rings. The molecule has 0 aliphatic rings. The van der Waals surface area contributed by atoms with E-state index in [1.807, 2.05) is 6.07 Å².